The van der Waals surface area contributed by atoms with E-state index < -0.39 is 22.4 Å². The maximum Gasteiger partial charge on any atom is 0.255 e. The van der Waals surface area contributed by atoms with Gasteiger partial charge < -0.3 is 19.5 Å². The molecule has 7 nitrogen and oxygen atoms in total. The first-order valence-corrected chi connectivity index (χ1v) is 13.6. The number of benzene rings is 1. The molecule has 2 aliphatic rings. The monoisotopic (exact) mass is 525 g/mol. The number of likely N-dealkylation sites (tertiary alicyclic amines) is 1. The summed E-state index contributed by atoms with van der Waals surface area (Å²) in [7, 11) is 3.19. The molecular formula is C30H40FN3O4. The minimum Gasteiger partial charge on any atom is -0.387 e. The van der Waals surface area contributed by atoms with E-state index in [4.69, 9.17) is 0 Å². The Bertz CT molecular complexity index is 1270. The third-order valence-corrected chi connectivity index (χ3v) is 8.64. The largest absolute Gasteiger partial charge is 0.387 e. The van der Waals surface area contributed by atoms with E-state index in [1.165, 1.54) is 53.1 Å². The number of piperidine rings is 1. The van der Waals surface area contributed by atoms with Crippen molar-refractivity contribution >= 4 is 11.8 Å². The van der Waals surface area contributed by atoms with E-state index in [1.54, 1.807) is 26.2 Å². The fourth-order valence-electron chi connectivity index (χ4n) is 5.78. The van der Waals surface area contributed by atoms with Gasteiger partial charge in [-0.3, -0.25) is 14.4 Å². The van der Waals surface area contributed by atoms with Crippen LogP contribution in [0.4, 0.5) is 4.39 Å². The lowest BCUT2D eigenvalue weighted by molar-refractivity contribution is -0.157. The molecule has 0 radical (unpaired) electrons. The second kappa shape index (κ2) is 10.6. The van der Waals surface area contributed by atoms with Gasteiger partial charge >= 0.3 is 0 Å². The molecular weight excluding hydrogens is 485 g/mol. The molecule has 4 rings (SSSR count). The molecule has 2 heterocycles. The van der Waals surface area contributed by atoms with Crippen molar-refractivity contribution in [1.29, 1.82) is 0 Å². The first-order chi connectivity index (χ1) is 17.8. The Morgan fingerprint density at radius 2 is 1.87 bits per heavy atom. The number of nitrogens with zero attached hydrogens (tertiary/aromatic N) is 3. The fourth-order valence-corrected chi connectivity index (χ4v) is 5.78. The van der Waals surface area contributed by atoms with E-state index in [1.807, 2.05) is 25.7 Å². The summed E-state index contributed by atoms with van der Waals surface area (Å²) >= 11 is 0. The van der Waals surface area contributed by atoms with Crippen molar-refractivity contribution in [2.45, 2.75) is 65.0 Å². The number of pyridine rings is 1. The van der Waals surface area contributed by atoms with E-state index in [0.29, 0.717) is 25.4 Å². The maximum atomic E-state index is 14.6. The Labute approximate surface area is 224 Å². The number of amides is 2. The molecule has 0 bridgehead atoms. The lowest BCUT2D eigenvalue weighted by Gasteiger charge is -2.51. The van der Waals surface area contributed by atoms with E-state index in [9.17, 15) is 23.9 Å². The number of halogens is 1. The smallest absolute Gasteiger partial charge is 0.255 e. The van der Waals surface area contributed by atoms with Gasteiger partial charge in [0.2, 0.25) is 5.91 Å². The van der Waals surface area contributed by atoms with Gasteiger partial charge in [0, 0.05) is 61.9 Å². The number of carbonyl (C=O) groups excluding carboxylic acids is 2. The first-order valence-electron chi connectivity index (χ1n) is 13.6. The lowest BCUT2D eigenvalue weighted by Crippen LogP contribution is -2.61. The number of aromatic nitrogens is 1. The number of aliphatic hydroxyl groups is 1. The number of carbonyl (C=O) groups is 2. The molecule has 1 aromatic carbocycles. The Morgan fingerprint density at radius 1 is 1.18 bits per heavy atom. The van der Waals surface area contributed by atoms with E-state index >= 15 is 0 Å². The topological polar surface area (TPSA) is 82.8 Å². The highest BCUT2D eigenvalue weighted by molar-refractivity contribution is 6.00. The highest BCUT2D eigenvalue weighted by atomic mass is 19.1. The van der Waals surface area contributed by atoms with Crippen molar-refractivity contribution in [2.24, 2.45) is 17.3 Å². The molecule has 1 saturated heterocycles. The SMILES string of the molecule is CC(CC1CCC1)C(=O)N1CC[C@@](O)(Cn2cc(C(=O)N(C)C)c(-c3ccccc3F)cc2=O)C(C)(C)C1. The van der Waals surface area contributed by atoms with Gasteiger partial charge in [0.25, 0.3) is 11.5 Å². The van der Waals surface area contributed by atoms with Crippen LogP contribution in [0.15, 0.2) is 41.3 Å². The first kappa shape index (κ1) is 28.0. The molecule has 0 spiro atoms. The third kappa shape index (κ3) is 5.41. The second-order valence-electron chi connectivity index (χ2n) is 12.1. The predicted octanol–water partition coefficient (Wildman–Crippen LogP) is 4.17. The molecule has 1 saturated carbocycles. The zero-order valence-corrected chi connectivity index (χ0v) is 23.2. The van der Waals surface area contributed by atoms with Gasteiger partial charge in [0.05, 0.1) is 17.7 Å². The fraction of sp³-hybridized carbons (Fsp3) is 0.567. The highest BCUT2D eigenvalue weighted by Crippen LogP contribution is 2.41. The van der Waals surface area contributed by atoms with Crippen LogP contribution in [0.5, 0.6) is 0 Å². The molecule has 38 heavy (non-hydrogen) atoms. The number of rotatable bonds is 7. The van der Waals surface area contributed by atoms with Crippen LogP contribution in [-0.2, 0) is 11.3 Å². The van der Waals surface area contributed by atoms with Gasteiger partial charge in [-0.15, -0.1) is 0 Å². The second-order valence-corrected chi connectivity index (χ2v) is 12.1. The quantitative estimate of drug-likeness (QED) is 0.588. The molecule has 1 aliphatic heterocycles. The van der Waals surface area contributed by atoms with Crippen LogP contribution in [0.3, 0.4) is 0 Å². The van der Waals surface area contributed by atoms with Crippen molar-refractivity contribution in [1.82, 2.24) is 14.4 Å². The van der Waals surface area contributed by atoms with Gasteiger partial charge in [-0.2, -0.15) is 0 Å². The molecule has 206 valence electrons. The van der Waals surface area contributed by atoms with Crippen LogP contribution in [0.1, 0.15) is 63.2 Å². The molecule has 2 amide bonds. The zero-order chi connectivity index (χ0) is 27.8. The summed E-state index contributed by atoms with van der Waals surface area (Å²) in [5.41, 5.74) is -1.86. The van der Waals surface area contributed by atoms with Crippen LogP contribution in [-0.4, -0.2) is 64.1 Å². The Morgan fingerprint density at radius 3 is 2.45 bits per heavy atom. The van der Waals surface area contributed by atoms with Crippen LogP contribution >= 0.6 is 0 Å². The standard InChI is InChI=1S/C30H40FN3O4/c1-20(15-21-9-8-10-21)27(36)33-14-13-30(38,29(2,3)18-33)19-34-17-24(28(37)32(4)5)23(16-26(34)35)22-11-6-7-12-25(22)31/h6-7,11-12,16-17,20-21,38H,8-10,13-15,18-19H2,1-5H3/t20?,30-/m1/s1. The van der Waals surface area contributed by atoms with Crippen LogP contribution in [0, 0.1) is 23.1 Å². The summed E-state index contributed by atoms with van der Waals surface area (Å²) in [4.78, 5) is 42.7. The Hall–Kier alpha value is -3.00. The summed E-state index contributed by atoms with van der Waals surface area (Å²) in [6.07, 6.45) is 6.29. The minimum absolute atomic E-state index is 0.0379. The third-order valence-electron chi connectivity index (χ3n) is 8.64. The summed E-state index contributed by atoms with van der Waals surface area (Å²) in [6.45, 7) is 6.56. The molecule has 8 heteroatoms. The van der Waals surface area contributed by atoms with Gasteiger partial charge in [0.1, 0.15) is 5.82 Å². The van der Waals surface area contributed by atoms with Gasteiger partial charge in [-0.25, -0.2) is 4.39 Å². The average Bonchev–Trinajstić information content (AvgIpc) is 2.83. The van der Waals surface area contributed by atoms with E-state index in [2.05, 4.69) is 0 Å². The summed E-state index contributed by atoms with van der Waals surface area (Å²) in [5, 5.41) is 11.8. The minimum atomic E-state index is -1.29. The molecule has 1 aliphatic carbocycles. The van der Waals surface area contributed by atoms with Crippen molar-refractivity contribution in [2.75, 3.05) is 27.2 Å². The van der Waals surface area contributed by atoms with Crippen LogP contribution in [0.25, 0.3) is 11.1 Å². The molecule has 1 aromatic heterocycles. The number of hydrogen-bond acceptors (Lipinski definition) is 4. The van der Waals surface area contributed by atoms with Crippen LogP contribution < -0.4 is 5.56 Å². The molecule has 1 unspecified atom stereocenters. The molecule has 2 fully saturated rings. The molecule has 1 N–H and O–H groups in total. The summed E-state index contributed by atoms with van der Waals surface area (Å²) < 4.78 is 16.0. The van der Waals surface area contributed by atoms with Crippen molar-refractivity contribution in [3.63, 3.8) is 0 Å². The lowest BCUT2D eigenvalue weighted by atomic mass is 9.69. The van der Waals surface area contributed by atoms with Gasteiger partial charge in [-0.05, 0) is 24.8 Å². The molecule has 2 atom stereocenters. The summed E-state index contributed by atoms with van der Waals surface area (Å²) in [6, 6.07) is 7.30. The predicted molar refractivity (Wildman–Crippen MR) is 145 cm³/mol. The van der Waals surface area contributed by atoms with Crippen LogP contribution in [0.2, 0.25) is 0 Å². The summed E-state index contributed by atoms with van der Waals surface area (Å²) in [5.74, 6) is -0.181. The van der Waals surface area contributed by atoms with Crippen molar-refractivity contribution in [3.05, 3.63) is 58.3 Å². The van der Waals surface area contributed by atoms with Crippen molar-refractivity contribution < 1.29 is 19.1 Å². The van der Waals surface area contributed by atoms with Gasteiger partial charge in [0.15, 0.2) is 0 Å². The number of hydrogen-bond donors (Lipinski definition) is 1. The van der Waals surface area contributed by atoms with Gasteiger partial charge in [-0.1, -0.05) is 58.2 Å². The average molecular weight is 526 g/mol. The normalized spacial score (nSPS) is 22.0. The Balaban J connectivity index is 1.60. The highest BCUT2D eigenvalue weighted by Gasteiger charge is 2.49. The molecule has 2 aromatic rings. The van der Waals surface area contributed by atoms with E-state index in [-0.39, 0.29) is 41.0 Å². The zero-order valence-electron chi connectivity index (χ0n) is 23.2. The maximum absolute atomic E-state index is 14.6. The van der Waals surface area contributed by atoms with Crippen molar-refractivity contribution in [3.8, 4) is 11.1 Å². The van der Waals surface area contributed by atoms with E-state index in [0.717, 1.165) is 6.42 Å². The Kier molecular flexibility index (Phi) is 7.84.